The second-order valence-electron chi connectivity index (χ2n) is 8.22. The maximum atomic E-state index is 10.5. The van der Waals surface area contributed by atoms with Gasteiger partial charge >= 0.3 is 0 Å². The van der Waals surface area contributed by atoms with Crippen LogP contribution in [0.15, 0.2) is 46.9 Å². The van der Waals surface area contributed by atoms with Gasteiger partial charge in [-0.3, -0.25) is 4.79 Å². The molecule has 0 unspecified atom stereocenters. The van der Waals surface area contributed by atoms with Crippen molar-refractivity contribution in [2.24, 2.45) is 5.73 Å². The van der Waals surface area contributed by atoms with Crippen LogP contribution in [0.5, 0.6) is 0 Å². The quantitative estimate of drug-likeness (QED) is 0.512. The van der Waals surface area contributed by atoms with Gasteiger partial charge in [0, 0.05) is 34.7 Å². The Hall–Kier alpha value is -2.34. The summed E-state index contributed by atoms with van der Waals surface area (Å²) in [7, 11) is 0. The number of primary amides is 1. The SMILES string of the molecule is NC(=O)c1ccc(Br)cc1.c1cc2nc(C3CCCCC3)[nH]c2cc1N1CCCC1. The van der Waals surface area contributed by atoms with E-state index in [4.69, 9.17) is 10.7 Å². The predicted octanol–water partition coefficient (Wildman–Crippen LogP) is 5.76. The van der Waals surface area contributed by atoms with Gasteiger partial charge in [-0.25, -0.2) is 4.98 Å². The summed E-state index contributed by atoms with van der Waals surface area (Å²) in [5, 5.41) is 0. The summed E-state index contributed by atoms with van der Waals surface area (Å²) in [6.45, 7) is 2.41. The van der Waals surface area contributed by atoms with Gasteiger partial charge in [0.1, 0.15) is 5.82 Å². The largest absolute Gasteiger partial charge is 0.371 e. The molecule has 3 N–H and O–H groups in total. The Morgan fingerprint density at radius 2 is 1.70 bits per heavy atom. The number of nitrogens with two attached hydrogens (primary N) is 1. The van der Waals surface area contributed by atoms with Crippen LogP contribution in [0.2, 0.25) is 0 Å². The van der Waals surface area contributed by atoms with Crippen LogP contribution in [0.1, 0.15) is 67.0 Å². The molecule has 1 aliphatic heterocycles. The number of imidazole rings is 1. The molecular weight excluding hydrogens is 440 g/mol. The molecule has 2 heterocycles. The van der Waals surface area contributed by atoms with Gasteiger partial charge in [-0.05, 0) is 68.1 Å². The molecule has 2 fully saturated rings. The van der Waals surface area contributed by atoms with Crippen molar-refractivity contribution in [2.45, 2.75) is 50.9 Å². The van der Waals surface area contributed by atoms with Crippen LogP contribution in [0.25, 0.3) is 11.0 Å². The monoisotopic (exact) mass is 468 g/mol. The van der Waals surface area contributed by atoms with Crippen molar-refractivity contribution in [3.8, 4) is 0 Å². The van der Waals surface area contributed by atoms with Gasteiger partial charge in [0.05, 0.1) is 11.0 Å². The number of halogens is 1. The number of H-pyrrole nitrogens is 1. The van der Waals surface area contributed by atoms with E-state index in [-0.39, 0.29) is 0 Å². The van der Waals surface area contributed by atoms with Gasteiger partial charge in [0.25, 0.3) is 0 Å². The molecular formula is C24H29BrN4O. The van der Waals surface area contributed by atoms with Gasteiger partial charge in [0.2, 0.25) is 5.91 Å². The number of hydrogen-bond donors (Lipinski definition) is 2. The molecule has 0 spiro atoms. The smallest absolute Gasteiger partial charge is 0.248 e. The van der Waals surface area contributed by atoms with Crippen molar-refractivity contribution in [1.29, 1.82) is 0 Å². The van der Waals surface area contributed by atoms with E-state index in [1.807, 2.05) is 0 Å². The average Bonchev–Trinajstić information content (AvgIpc) is 3.45. The van der Waals surface area contributed by atoms with Crippen molar-refractivity contribution in [2.75, 3.05) is 18.0 Å². The topological polar surface area (TPSA) is 75.0 Å². The van der Waals surface area contributed by atoms with Crippen molar-refractivity contribution in [3.05, 3.63) is 58.3 Å². The van der Waals surface area contributed by atoms with Crippen LogP contribution in [0.3, 0.4) is 0 Å². The van der Waals surface area contributed by atoms with Crippen molar-refractivity contribution in [1.82, 2.24) is 9.97 Å². The maximum absolute atomic E-state index is 10.5. The van der Waals surface area contributed by atoms with Crippen LogP contribution in [0, 0.1) is 0 Å². The number of aromatic nitrogens is 2. The maximum Gasteiger partial charge on any atom is 0.248 e. The molecule has 1 amide bonds. The number of carbonyl (C=O) groups excluding carboxylic acids is 1. The summed E-state index contributed by atoms with van der Waals surface area (Å²) in [5.74, 6) is 1.48. The van der Waals surface area contributed by atoms with Gasteiger partial charge in [-0.15, -0.1) is 0 Å². The summed E-state index contributed by atoms with van der Waals surface area (Å²) < 4.78 is 0.942. The van der Waals surface area contributed by atoms with Gasteiger partial charge in [-0.1, -0.05) is 35.2 Å². The van der Waals surface area contributed by atoms with Crippen molar-refractivity contribution < 1.29 is 4.79 Å². The highest BCUT2D eigenvalue weighted by Gasteiger charge is 2.19. The lowest BCUT2D eigenvalue weighted by Crippen LogP contribution is -2.17. The molecule has 2 aromatic carbocycles. The van der Waals surface area contributed by atoms with E-state index in [1.165, 1.54) is 75.1 Å². The molecule has 158 valence electrons. The highest BCUT2D eigenvalue weighted by atomic mass is 79.9. The third-order valence-electron chi connectivity index (χ3n) is 6.08. The highest BCUT2D eigenvalue weighted by Crippen LogP contribution is 2.33. The first-order valence-corrected chi connectivity index (χ1v) is 11.7. The first-order chi connectivity index (χ1) is 14.6. The van der Waals surface area contributed by atoms with E-state index in [0.717, 1.165) is 9.99 Å². The fraction of sp³-hybridized carbons (Fsp3) is 0.417. The van der Waals surface area contributed by atoms with Gasteiger partial charge < -0.3 is 15.6 Å². The number of anilines is 1. The van der Waals surface area contributed by atoms with E-state index in [0.29, 0.717) is 11.5 Å². The van der Waals surface area contributed by atoms with E-state index < -0.39 is 5.91 Å². The molecule has 1 saturated heterocycles. The molecule has 0 atom stereocenters. The minimum absolute atomic E-state index is 0.396. The van der Waals surface area contributed by atoms with E-state index in [1.54, 1.807) is 24.3 Å². The highest BCUT2D eigenvalue weighted by molar-refractivity contribution is 9.10. The Labute approximate surface area is 186 Å². The fourth-order valence-corrected chi connectivity index (χ4v) is 4.64. The second-order valence-corrected chi connectivity index (χ2v) is 9.14. The number of nitrogens with zero attached hydrogens (tertiary/aromatic N) is 2. The van der Waals surface area contributed by atoms with Crippen LogP contribution in [-0.2, 0) is 0 Å². The minimum atomic E-state index is -0.396. The Morgan fingerprint density at radius 1 is 1.00 bits per heavy atom. The number of rotatable bonds is 3. The summed E-state index contributed by atoms with van der Waals surface area (Å²) in [6, 6.07) is 13.6. The number of aromatic amines is 1. The first kappa shape index (κ1) is 20.9. The molecule has 1 saturated carbocycles. The standard InChI is InChI=1S/C17H23N3.C7H6BrNO/c1-2-6-13(7-3-1)17-18-15-9-8-14(12-16(15)19-17)20-10-4-5-11-20;8-6-3-1-5(2-4-6)7(9)10/h8-9,12-13H,1-7,10-11H2,(H,18,19);1-4H,(H2,9,10). The molecule has 0 radical (unpaired) electrons. The second kappa shape index (κ2) is 9.65. The normalized spacial score (nSPS) is 17.0. The zero-order valence-electron chi connectivity index (χ0n) is 17.2. The van der Waals surface area contributed by atoms with Gasteiger partial charge in [-0.2, -0.15) is 0 Å². The summed E-state index contributed by atoms with van der Waals surface area (Å²) in [5.41, 5.74) is 9.25. The van der Waals surface area contributed by atoms with Crippen LogP contribution >= 0.6 is 15.9 Å². The summed E-state index contributed by atoms with van der Waals surface area (Å²) in [6.07, 6.45) is 9.39. The van der Waals surface area contributed by atoms with E-state index >= 15 is 0 Å². The Morgan fingerprint density at radius 3 is 2.37 bits per heavy atom. The molecule has 5 nitrogen and oxygen atoms in total. The number of nitrogens with one attached hydrogen (secondary N) is 1. The van der Waals surface area contributed by atoms with Crippen molar-refractivity contribution in [3.63, 3.8) is 0 Å². The molecule has 0 bridgehead atoms. The van der Waals surface area contributed by atoms with Crippen molar-refractivity contribution >= 4 is 38.6 Å². The zero-order chi connectivity index (χ0) is 20.9. The summed E-state index contributed by atoms with van der Waals surface area (Å²) >= 11 is 3.24. The van der Waals surface area contributed by atoms with E-state index in [9.17, 15) is 4.79 Å². The molecule has 6 heteroatoms. The Kier molecular flexibility index (Phi) is 6.72. The lowest BCUT2D eigenvalue weighted by molar-refractivity contribution is 0.100. The molecule has 2 aliphatic rings. The van der Waals surface area contributed by atoms with Crippen LogP contribution in [-0.4, -0.2) is 29.0 Å². The number of benzene rings is 2. The molecule has 3 aromatic rings. The third kappa shape index (κ3) is 5.04. The fourth-order valence-electron chi connectivity index (χ4n) is 4.37. The lowest BCUT2D eigenvalue weighted by Gasteiger charge is -2.19. The lowest BCUT2D eigenvalue weighted by atomic mass is 9.89. The zero-order valence-corrected chi connectivity index (χ0v) is 18.8. The average molecular weight is 469 g/mol. The first-order valence-electron chi connectivity index (χ1n) is 10.9. The number of carbonyl (C=O) groups is 1. The number of fused-ring (bicyclic) bond motifs is 1. The van der Waals surface area contributed by atoms with Crippen LogP contribution < -0.4 is 10.6 Å². The molecule has 30 heavy (non-hydrogen) atoms. The number of hydrogen-bond acceptors (Lipinski definition) is 3. The molecule has 1 aliphatic carbocycles. The number of amides is 1. The third-order valence-corrected chi connectivity index (χ3v) is 6.60. The van der Waals surface area contributed by atoms with Crippen LogP contribution in [0.4, 0.5) is 5.69 Å². The Bertz CT molecular complexity index is 986. The summed E-state index contributed by atoms with van der Waals surface area (Å²) in [4.78, 5) is 21.4. The predicted molar refractivity (Wildman–Crippen MR) is 126 cm³/mol. The molecule has 5 rings (SSSR count). The Balaban J connectivity index is 0.000000185. The van der Waals surface area contributed by atoms with Gasteiger partial charge in [0.15, 0.2) is 0 Å². The minimum Gasteiger partial charge on any atom is -0.371 e. The molecule has 1 aromatic heterocycles. The van der Waals surface area contributed by atoms with E-state index in [2.05, 4.69) is 44.0 Å².